The number of benzene rings is 2. The zero-order valence-corrected chi connectivity index (χ0v) is 14.0. The van der Waals surface area contributed by atoms with Crippen LogP contribution in [0.15, 0.2) is 53.4 Å². The Hall–Kier alpha value is -2.18. The molecule has 122 valence electrons. The van der Waals surface area contributed by atoms with Gasteiger partial charge < -0.3 is 4.90 Å². The van der Waals surface area contributed by atoms with Crippen molar-refractivity contribution in [2.75, 3.05) is 13.1 Å². The molecule has 1 amide bonds. The molecule has 2 aromatic rings. The van der Waals surface area contributed by atoms with E-state index in [9.17, 15) is 13.2 Å². The van der Waals surface area contributed by atoms with Gasteiger partial charge in [-0.15, -0.1) is 0 Å². The summed E-state index contributed by atoms with van der Waals surface area (Å²) in [6.45, 7) is 4.69. The van der Waals surface area contributed by atoms with E-state index in [-0.39, 0.29) is 16.4 Å². The lowest BCUT2D eigenvalue weighted by Crippen LogP contribution is -2.32. The van der Waals surface area contributed by atoms with Crippen LogP contribution in [-0.2, 0) is 10.0 Å². The maximum Gasteiger partial charge on any atom is 0.255 e. The van der Waals surface area contributed by atoms with Gasteiger partial charge in [-0.25, -0.2) is 13.6 Å². The summed E-state index contributed by atoms with van der Waals surface area (Å²) in [4.78, 5) is 13.9. The van der Waals surface area contributed by atoms with Crippen LogP contribution >= 0.6 is 0 Å². The van der Waals surface area contributed by atoms with Gasteiger partial charge in [0.25, 0.3) is 5.91 Å². The third-order valence-corrected chi connectivity index (χ3v) is 4.63. The molecule has 0 atom stereocenters. The number of sulfonamides is 1. The molecular formula is C17H20N2O3S. The molecule has 0 aliphatic heterocycles. The largest absolute Gasteiger partial charge is 0.339 e. The third kappa shape index (κ3) is 3.78. The van der Waals surface area contributed by atoms with E-state index in [0.29, 0.717) is 18.7 Å². The minimum Gasteiger partial charge on any atom is -0.339 e. The number of rotatable bonds is 5. The summed E-state index contributed by atoms with van der Waals surface area (Å²) in [6.07, 6.45) is 0. The maximum absolute atomic E-state index is 12.5. The Labute approximate surface area is 136 Å². The van der Waals surface area contributed by atoms with Crippen molar-refractivity contribution in [1.29, 1.82) is 0 Å². The molecule has 0 unspecified atom stereocenters. The topological polar surface area (TPSA) is 80.5 Å². The molecule has 0 aliphatic carbocycles. The van der Waals surface area contributed by atoms with Crippen LogP contribution < -0.4 is 5.14 Å². The van der Waals surface area contributed by atoms with Crippen LogP contribution in [-0.4, -0.2) is 32.3 Å². The number of carbonyl (C=O) groups is 1. The van der Waals surface area contributed by atoms with Gasteiger partial charge in [-0.05, 0) is 37.1 Å². The molecule has 2 aromatic carbocycles. The number of hydrogen-bond acceptors (Lipinski definition) is 3. The first kappa shape index (κ1) is 17.2. The van der Waals surface area contributed by atoms with Gasteiger partial charge in [-0.2, -0.15) is 0 Å². The molecule has 2 N–H and O–H groups in total. The highest BCUT2D eigenvalue weighted by atomic mass is 32.2. The second-order valence-electron chi connectivity index (χ2n) is 5.10. The lowest BCUT2D eigenvalue weighted by Gasteiger charge is -2.20. The summed E-state index contributed by atoms with van der Waals surface area (Å²) >= 11 is 0. The van der Waals surface area contributed by atoms with Crippen molar-refractivity contribution in [2.24, 2.45) is 5.14 Å². The van der Waals surface area contributed by atoms with Crippen molar-refractivity contribution in [3.8, 4) is 11.1 Å². The predicted octanol–water partition coefficient (Wildman–Crippen LogP) is 2.48. The first-order chi connectivity index (χ1) is 10.9. The molecule has 0 spiro atoms. The van der Waals surface area contributed by atoms with Gasteiger partial charge in [0.1, 0.15) is 0 Å². The number of primary sulfonamides is 1. The van der Waals surface area contributed by atoms with Crippen LogP contribution in [0.5, 0.6) is 0 Å². The average Bonchev–Trinajstić information content (AvgIpc) is 2.55. The van der Waals surface area contributed by atoms with E-state index >= 15 is 0 Å². The first-order valence-electron chi connectivity index (χ1n) is 7.40. The summed E-state index contributed by atoms with van der Waals surface area (Å²) in [6, 6.07) is 14.1. The van der Waals surface area contributed by atoms with Gasteiger partial charge in [0.05, 0.1) is 10.5 Å². The molecule has 0 saturated heterocycles. The summed E-state index contributed by atoms with van der Waals surface area (Å²) in [5.41, 5.74) is 1.67. The maximum atomic E-state index is 12.5. The normalized spacial score (nSPS) is 11.3. The third-order valence-electron chi connectivity index (χ3n) is 3.68. The Balaban J connectivity index is 2.59. The fraction of sp³-hybridized carbons (Fsp3) is 0.235. The van der Waals surface area contributed by atoms with Gasteiger partial charge in [0, 0.05) is 13.1 Å². The van der Waals surface area contributed by atoms with Crippen LogP contribution in [0.4, 0.5) is 0 Å². The number of carbonyl (C=O) groups excluding carboxylic acids is 1. The number of hydrogen-bond donors (Lipinski definition) is 1. The van der Waals surface area contributed by atoms with Gasteiger partial charge in [-0.1, -0.05) is 36.4 Å². The fourth-order valence-corrected chi connectivity index (χ4v) is 3.18. The summed E-state index contributed by atoms with van der Waals surface area (Å²) in [7, 11) is -4.01. The average molecular weight is 332 g/mol. The highest BCUT2D eigenvalue weighted by Crippen LogP contribution is 2.25. The second-order valence-corrected chi connectivity index (χ2v) is 6.63. The Bertz CT molecular complexity index is 798. The number of amides is 1. The van der Waals surface area contributed by atoms with Crippen LogP contribution in [0, 0.1) is 0 Å². The standard InChI is InChI=1S/C17H20N2O3S/c1-3-19(4-2)17(20)15-11-10-14(12-16(15)23(18,21)22)13-8-6-5-7-9-13/h5-12H,3-4H2,1-2H3,(H2,18,21,22). The fourth-order valence-electron chi connectivity index (χ4n) is 2.43. The second kappa shape index (κ2) is 6.93. The van der Waals surface area contributed by atoms with E-state index in [4.69, 9.17) is 5.14 Å². The van der Waals surface area contributed by atoms with Crippen molar-refractivity contribution < 1.29 is 13.2 Å². The minimum absolute atomic E-state index is 0.107. The van der Waals surface area contributed by atoms with Crippen LogP contribution in [0.3, 0.4) is 0 Å². The monoisotopic (exact) mass is 332 g/mol. The Morgan fingerprint density at radius 1 is 1.00 bits per heavy atom. The summed E-state index contributed by atoms with van der Waals surface area (Å²) in [5.74, 6) is -0.335. The zero-order chi connectivity index (χ0) is 17.0. The predicted molar refractivity (Wildman–Crippen MR) is 90.5 cm³/mol. The zero-order valence-electron chi connectivity index (χ0n) is 13.2. The summed E-state index contributed by atoms with van der Waals surface area (Å²) in [5, 5.41) is 5.33. The molecule has 23 heavy (non-hydrogen) atoms. The van der Waals surface area contributed by atoms with E-state index in [0.717, 1.165) is 5.56 Å². The van der Waals surface area contributed by atoms with Crippen molar-refractivity contribution in [3.05, 3.63) is 54.1 Å². The summed E-state index contributed by atoms with van der Waals surface area (Å²) < 4.78 is 23.9. The molecule has 0 heterocycles. The molecule has 0 radical (unpaired) electrons. The molecule has 5 nitrogen and oxygen atoms in total. The van der Waals surface area contributed by atoms with Crippen molar-refractivity contribution in [3.63, 3.8) is 0 Å². The van der Waals surface area contributed by atoms with Gasteiger partial charge in [0.2, 0.25) is 10.0 Å². The highest BCUT2D eigenvalue weighted by Gasteiger charge is 2.23. The minimum atomic E-state index is -4.01. The van der Waals surface area contributed by atoms with Crippen LogP contribution in [0.25, 0.3) is 11.1 Å². The highest BCUT2D eigenvalue weighted by molar-refractivity contribution is 7.89. The van der Waals surface area contributed by atoms with E-state index in [1.807, 2.05) is 44.2 Å². The van der Waals surface area contributed by atoms with Crippen molar-refractivity contribution >= 4 is 15.9 Å². The van der Waals surface area contributed by atoms with E-state index in [2.05, 4.69) is 0 Å². The van der Waals surface area contributed by atoms with Crippen molar-refractivity contribution in [2.45, 2.75) is 18.7 Å². The quantitative estimate of drug-likeness (QED) is 0.913. The number of nitrogens with zero attached hydrogens (tertiary/aromatic N) is 1. The van der Waals surface area contributed by atoms with E-state index in [1.54, 1.807) is 11.0 Å². The molecular weight excluding hydrogens is 312 g/mol. The molecule has 0 bridgehead atoms. The lowest BCUT2D eigenvalue weighted by molar-refractivity contribution is 0.0769. The SMILES string of the molecule is CCN(CC)C(=O)c1ccc(-c2ccccc2)cc1S(N)(=O)=O. The van der Waals surface area contributed by atoms with Gasteiger partial charge in [0.15, 0.2) is 0 Å². The number of nitrogens with two attached hydrogens (primary N) is 1. The van der Waals surface area contributed by atoms with E-state index in [1.165, 1.54) is 12.1 Å². The molecule has 0 saturated carbocycles. The van der Waals surface area contributed by atoms with Crippen LogP contribution in [0.1, 0.15) is 24.2 Å². The molecule has 0 fully saturated rings. The molecule has 0 aliphatic rings. The van der Waals surface area contributed by atoms with Gasteiger partial charge in [-0.3, -0.25) is 4.79 Å². The van der Waals surface area contributed by atoms with Gasteiger partial charge >= 0.3 is 0 Å². The lowest BCUT2D eigenvalue weighted by atomic mass is 10.0. The Morgan fingerprint density at radius 3 is 2.13 bits per heavy atom. The first-order valence-corrected chi connectivity index (χ1v) is 8.94. The van der Waals surface area contributed by atoms with Crippen molar-refractivity contribution in [1.82, 2.24) is 4.90 Å². The Morgan fingerprint density at radius 2 is 1.61 bits per heavy atom. The van der Waals surface area contributed by atoms with Crippen LogP contribution in [0.2, 0.25) is 0 Å². The Kier molecular flexibility index (Phi) is 5.18. The van der Waals surface area contributed by atoms with E-state index < -0.39 is 10.0 Å². The smallest absolute Gasteiger partial charge is 0.255 e. The molecule has 2 rings (SSSR count). The molecule has 6 heteroatoms. The molecule has 0 aromatic heterocycles.